The number of nitrogens with zero attached hydrogens (tertiary/aromatic N) is 3. The number of fused-ring (bicyclic) bond motifs is 1. The van der Waals surface area contributed by atoms with Crippen molar-refractivity contribution >= 4 is 23.5 Å². The number of carbonyl (C=O) groups is 1. The number of aromatic nitrogens is 3. The lowest BCUT2D eigenvalue weighted by molar-refractivity contribution is -0.117. The first-order valence-corrected chi connectivity index (χ1v) is 5.57. The van der Waals surface area contributed by atoms with Crippen LogP contribution >= 0.6 is 11.6 Å². The minimum Gasteiger partial charge on any atom is -0.295 e. The summed E-state index contributed by atoms with van der Waals surface area (Å²) in [6, 6.07) is 7.27. The Kier molecular flexibility index (Phi) is 2.33. The summed E-state index contributed by atoms with van der Waals surface area (Å²) in [4.78, 5) is 15.6. The van der Waals surface area contributed by atoms with Gasteiger partial charge in [-0.2, -0.15) is 10.1 Å². The molecular formula is C11H9ClN4O. The van der Waals surface area contributed by atoms with Gasteiger partial charge in [0, 0.05) is 5.02 Å². The van der Waals surface area contributed by atoms with Gasteiger partial charge in [-0.25, -0.2) is 4.68 Å². The van der Waals surface area contributed by atoms with Crippen LogP contribution in [0.1, 0.15) is 18.0 Å². The van der Waals surface area contributed by atoms with Crippen molar-refractivity contribution in [3.05, 3.63) is 41.2 Å². The fourth-order valence-corrected chi connectivity index (χ4v) is 2.25. The lowest BCUT2D eigenvalue weighted by Crippen LogP contribution is -2.29. The smallest absolute Gasteiger partial charge is 0.229 e. The molecule has 0 spiro atoms. The fourth-order valence-electron chi connectivity index (χ4n) is 1.99. The molecule has 1 atom stereocenters. The summed E-state index contributed by atoms with van der Waals surface area (Å²) in [5.41, 5.74) is 0.885. The van der Waals surface area contributed by atoms with E-state index in [2.05, 4.69) is 15.4 Å². The first kappa shape index (κ1) is 10.3. The van der Waals surface area contributed by atoms with Crippen LogP contribution in [0.5, 0.6) is 0 Å². The van der Waals surface area contributed by atoms with E-state index in [1.165, 1.54) is 6.33 Å². The van der Waals surface area contributed by atoms with Crippen LogP contribution < -0.4 is 5.32 Å². The third-order valence-corrected chi connectivity index (χ3v) is 3.11. The second-order valence-corrected chi connectivity index (χ2v) is 4.23. The summed E-state index contributed by atoms with van der Waals surface area (Å²) >= 11 is 6.15. The number of amides is 1. The van der Waals surface area contributed by atoms with E-state index in [-0.39, 0.29) is 11.9 Å². The Bertz CT molecular complexity index is 580. The Morgan fingerprint density at radius 3 is 3.06 bits per heavy atom. The maximum Gasteiger partial charge on any atom is 0.229 e. The zero-order valence-electron chi connectivity index (χ0n) is 8.80. The van der Waals surface area contributed by atoms with Crippen LogP contribution in [0.3, 0.4) is 0 Å². The maximum atomic E-state index is 11.6. The van der Waals surface area contributed by atoms with Crippen LogP contribution in [0.25, 0.3) is 0 Å². The number of anilines is 1. The lowest BCUT2D eigenvalue weighted by Gasteiger charge is -2.24. The third-order valence-electron chi connectivity index (χ3n) is 2.76. The lowest BCUT2D eigenvalue weighted by atomic mass is 10.0. The Morgan fingerprint density at radius 2 is 2.24 bits per heavy atom. The molecule has 0 fully saturated rings. The summed E-state index contributed by atoms with van der Waals surface area (Å²) in [5.74, 6) is 0.390. The molecule has 3 rings (SSSR count). The molecule has 1 aliphatic rings. The van der Waals surface area contributed by atoms with Gasteiger partial charge in [-0.05, 0) is 11.6 Å². The fraction of sp³-hybridized carbons (Fsp3) is 0.182. The molecule has 86 valence electrons. The average Bonchev–Trinajstić information content (AvgIpc) is 2.76. The molecule has 0 saturated carbocycles. The van der Waals surface area contributed by atoms with Crippen molar-refractivity contribution in [3.8, 4) is 0 Å². The largest absolute Gasteiger partial charge is 0.295 e. The second-order valence-electron chi connectivity index (χ2n) is 3.82. The molecule has 1 aromatic carbocycles. The van der Waals surface area contributed by atoms with E-state index in [1.54, 1.807) is 10.7 Å². The number of halogens is 1. The molecule has 6 heteroatoms. The predicted molar refractivity (Wildman–Crippen MR) is 62.9 cm³/mol. The highest BCUT2D eigenvalue weighted by Gasteiger charge is 2.28. The van der Waals surface area contributed by atoms with Gasteiger partial charge in [0.2, 0.25) is 11.9 Å². The minimum absolute atomic E-state index is 0.0737. The van der Waals surface area contributed by atoms with E-state index in [4.69, 9.17) is 11.6 Å². The topological polar surface area (TPSA) is 59.8 Å². The van der Waals surface area contributed by atoms with Crippen molar-refractivity contribution < 1.29 is 4.79 Å². The third kappa shape index (κ3) is 1.68. The van der Waals surface area contributed by atoms with Crippen LogP contribution in [0.4, 0.5) is 5.95 Å². The molecular weight excluding hydrogens is 240 g/mol. The molecule has 0 bridgehead atoms. The minimum atomic E-state index is -0.185. The summed E-state index contributed by atoms with van der Waals surface area (Å²) in [5, 5.41) is 7.42. The molecule has 1 aliphatic heterocycles. The molecule has 5 nitrogen and oxygen atoms in total. The standard InChI is InChI=1S/C11H9ClN4O/c12-8-4-2-1-3-7(8)9-5-10(17)15-11-13-6-14-16(9)11/h1-4,6,9H,5H2,(H,13,14,15,17)/t9-/m1/s1. The summed E-state index contributed by atoms with van der Waals surface area (Å²) in [6.07, 6.45) is 1.74. The second kappa shape index (κ2) is 3.85. The van der Waals surface area contributed by atoms with Crippen molar-refractivity contribution in [1.29, 1.82) is 0 Å². The monoisotopic (exact) mass is 248 g/mol. The number of hydrogen-bond acceptors (Lipinski definition) is 3. The summed E-state index contributed by atoms with van der Waals surface area (Å²) in [6.45, 7) is 0. The van der Waals surface area contributed by atoms with Crippen molar-refractivity contribution in [2.75, 3.05) is 5.32 Å². The van der Waals surface area contributed by atoms with E-state index in [0.717, 1.165) is 5.56 Å². The van der Waals surface area contributed by atoms with Gasteiger partial charge in [0.25, 0.3) is 0 Å². The molecule has 1 aromatic heterocycles. The number of hydrogen-bond donors (Lipinski definition) is 1. The zero-order valence-corrected chi connectivity index (χ0v) is 9.55. The molecule has 0 radical (unpaired) electrons. The Morgan fingerprint density at radius 1 is 1.41 bits per heavy atom. The molecule has 17 heavy (non-hydrogen) atoms. The van der Waals surface area contributed by atoms with Crippen molar-refractivity contribution in [1.82, 2.24) is 14.8 Å². The SMILES string of the molecule is O=C1C[C@H](c2ccccc2Cl)n2ncnc2N1. The van der Waals surface area contributed by atoms with Crippen molar-refractivity contribution in [2.24, 2.45) is 0 Å². The molecule has 2 aromatic rings. The van der Waals surface area contributed by atoms with E-state index >= 15 is 0 Å². The van der Waals surface area contributed by atoms with Gasteiger partial charge >= 0.3 is 0 Å². The Labute approximate surface area is 102 Å². The number of rotatable bonds is 1. The van der Waals surface area contributed by atoms with Gasteiger partial charge in [-0.1, -0.05) is 29.8 Å². The van der Waals surface area contributed by atoms with Gasteiger partial charge in [0.1, 0.15) is 6.33 Å². The van der Waals surface area contributed by atoms with Crippen molar-refractivity contribution in [3.63, 3.8) is 0 Å². The van der Waals surface area contributed by atoms with E-state index in [1.807, 2.05) is 18.2 Å². The van der Waals surface area contributed by atoms with Crippen molar-refractivity contribution in [2.45, 2.75) is 12.5 Å². The molecule has 2 heterocycles. The predicted octanol–water partition coefficient (Wildman–Crippen LogP) is 1.86. The van der Waals surface area contributed by atoms with Gasteiger partial charge in [-0.3, -0.25) is 10.1 Å². The first-order chi connectivity index (χ1) is 8.25. The molecule has 0 aliphatic carbocycles. The molecule has 0 unspecified atom stereocenters. The van der Waals surface area contributed by atoms with Crippen LogP contribution in [0, 0.1) is 0 Å². The van der Waals surface area contributed by atoms with Gasteiger partial charge < -0.3 is 0 Å². The van der Waals surface area contributed by atoms with Crippen LogP contribution in [-0.2, 0) is 4.79 Å². The highest BCUT2D eigenvalue weighted by Crippen LogP contribution is 2.32. The highest BCUT2D eigenvalue weighted by molar-refractivity contribution is 6.31. The quantitative estimate of drug-likeness (QED) is 0.838. The molecule has 0 saturated heterocycles. The van der Waals surface area contributed by atoms with Crippen LogP contribution in [0.15, 0.2) is 30.6 Å². The maximum absolute atomic E-state index is 11.6. The first-order valence-electron chi connectivity index (χ1n) is 5.19. The molecule has 1 amide bonds. The Balaban J connectivity index is 2.11. The summed E-state index contributed by atoms with van der Waals surface area (Å²) < 4.78 is 1.68. The molecule has 1 N–H and O–H groups in total. The number of carbonyl (C=O) groups excluding carboxylic acids is 1. The van der Waals surface area contributed by atoms with Gasteiger partial charge in [0.05, 0.1) is 12.5 Å². The Hall–Kier alpha value is -1.88. The summed E-state index contributed by atoms with van der Waals surface area (Å²) in [7, 11) is 0. The number of nitrogens with one attached hydrogen (secondary N) is 1. The zero-order chi connectivity index (χ0) is 11.8. The highest BCUT2D eigenvalue weighted by atomic mass is 35.5. The van der Waals surface area contributed by atoms with Crippen LogP contribution in [-0.4, -0.2) is 20.7 Å². The van der Waals surface area contributed by atoms with E-state index < -0.39 is 0 Å². The van der Waals surface area contributed by atoms with Gasteiger partial charge in [0.15, 0.2) is 0 Å². The van der Waals surface area contributed by atoms with Gasteiger partial charge in [-0.15, -0.1) is 0 Å². The van der Waals surface area contributed by atoms with Crippen LogP contribution in [0.2, 0.25) is 5.02 Å². The average molecular weight is 249 g/mol. The normalized spacial score (nSPS) is 18.6. The number of benzene rings is 1. The van der Waals surface area contributed by atoms with E-state index in [9.17, 15) is 4.79 Å². The van der Waals surface area contributed by atoms with E-state index in [0.29, 0.717) is 17.4 Å².